The summed E-state index contributed by atoms with van der Waals surface area (Å²) < 4.78 is 1.20. The molecule has 74 valence electrons. The first kappa shape index (κ1) is 11.2. The molecule has 0 bridgehead atoms. The molecular formula is C10H16BrNS. The van der Waals surface area contributed by atoms with Gasteiger partial charge < -0.3 is 5.73 Å². The average molecular weight is 262 g/mol. The van der Waals surface area contributed by atoms with Gasteiger partial charge in [-0.1, -0.05) is 13.8 Å². The lowest BCUT2D eigenvalue weighted by atomic mass is 9.96. The van der Waals surface area contributed by atoms with Crippen molar-refractivity contribution in [3.8, 4) is 0 Å². The minimum Gasteiger partial charge on any atom is -0.330 e. The molecule has 2 N–H and O–H groups in total. The lowest BCUT2D eigenvalue weighted by Gasteiger charge is -2.14. The Morgan fingerprint density at radius 3 is 2.54 bits per heavy atom. The van der Waals surface area contributed by atoms with Crippen LogP contribution in [-0.4, -0.2) is 6.54 Å². The maximum Gasteiger partial charge on any atom is 0.0701 e. The molecule has 1 unspecified atom stereocenters. The first-order chi connectivity index (χ1) is 6.13. The molecular weight excluding hydrogens is 246 g/mol. The van der Waals surface area contributed by atoms with Crippen molar-refractivity contribution < 1.29 is 0 Å². The van der Waals surface area contributed by atoms with E-state index in [9.17, 15) is 0 Å². The van der Waals surface area contributed by atoms with Gasteiger partial charge in [0.05, 0.1) is 3.79 Å². The Hall–Kier alpha value is 0.140. The van der Waals surface area contributed by atoms with E-state index in [4.69, 9.17) is 5.73 Å². The van der Waals surface area contributed by atoms with Crippen LogP contribution in [0.1, 0.15) is 31.1 Å². The molecule has 0 aliphatic heterocycles. The van der Waals surface area contributed by atoms with E-state index in [0.29, 0.717) is 5.92 Å². The fraction of sp³-hybridized carbons (Fsp3) is 0.600. The summed E-state index contributed by atoms with van der Waals surface area (Å²) in [7, 11) is 0. The van der Waals surface area contributed by atoms with Gasteiger partial charge in [-0.3, -0.25) is 0 Å². The van der Waals surface area contributed by atoms with Crippen molar-refractivity contribution in [2.24, 2.45) is 11.7 Å². The van der Waals surface area contributed by atoms with Crippen LogP contribution in [0.4, 0.5) is 0 Å². The molecule has 1 heterocycles. The highest BCUT2D eigenvalue weighted by molar-refractivity contribution is 9.11. The number of rotatable bonds is 4. The van der Waals surface area contributed by atoms with Gasteiger partial charge in [0.2, 0.25) is 0 Å². The van der Waals surface area contributed by atoms with Gasteiger partial charge in [-0.25, -0.2) is 0 Å². The Bertz CT molecular complexity index is 257. The first-order valence-corrected chi connectivity index (χ1v) is 6.19. The fourth-order valence-electron chi connectivity index (χ4n) is 1.45. The number of hydrogen-bond acceptors (Lipinski definition) is 2. The summed E-state index contributed by atoms with van der Waals surface area (Å²) in [5, 5.41) is 0. The molecule has 3 heteroatoms. The third-order valence-corrected chi connectivity index (χ3v) is 3.82. The van der Waals surface area contributed by atoms with E-state index in [1.807, 2.05) is 0 Å². The van der Waals surface area contributed by atoms with Gasteiger partial charge >= 0.3 is 0 Å². The summed E-state index contributed by atoms with van der Waals surface area (Å²) >= 11 is 5.27. The van der Waals surface area contributed by atoms with Gasteiger partial charge in [0, 0.05) is 10.8 Å². The van der Waals surface area contributed by atoms with Crippen LogP contribution < -0.4 is 5.73 Å². The quantitative estimate of drug-likeness (QED) is 0.881. The molecule has 0 aliphatic rings. The number of thiophene rings is 1. The second-order valence-electron chi connectivity index (χ2n) is 3.70. The minimum absolute atomic E-state index is 0.538. The lowest BCUT2D eigenvalue weighted by molar-refractivity contribution is 0.509. The predicted molar refractivity (Wildman–Crippen MR) is 63.3 cm³/mol. The van der Waals surface area contributed by atoms with Crippen molar-refractivity contribution in [2.45, 2.75) is 26.2 Å². The van der Waals surface area contributed by atoms with E-state index in [2.05, 4.69) is 41.9 Å². The van der Waals surface area contributed by atoms with E-state index < -0.39 is 0 Å². The van der Waals surface area contributed by atoms with Crippen LogP contribution in [0.25, 0.3) is 0 Å². The predicted octanol–water partition coefficient (Wildman–Crippen LogP) is 3.60. The summed E-state index contributed by atoms with van der Waals surface area (Å²) in [6.45, 7) is 5.24. The normalized spacial score (nSPS) is 13.6. The molecule has 1 aromatic heterocycles. The van der Waals surface area contributed by atoms with Crippen LogP contribution in [0.5, 0.6) is 0 Å². The summed E-state index contributed by atoms with van der Waals surface area (Å²) in [5.74, 6) is 1.26. The zero-order valence-corrected chi connectivity index (χ0v) is 10.5. The van der Waals surface area contributed by atoms with E-state index in [1.54, 1.807) is 11.3 Å². The Balaban J connectivity index is 2.66. The molecule has 13 heavy (non-hydrogen) atoms. The third-order valence-electron chi connectivity index (χ3n) is 2.04. The molecule has 0 amide bonds. The second kappa shape index (κ2) is 5.13. The highest BCUT2D eigenvalue weighted by Gasteiger charge is 2.13. The summed E-state index contributed by atoms with van der Waals surface area (Å²) in [5.41, 5.74) is 5.75. The largest absolute Gasteiger partial charge is 0.330 e. The van der Waals surface area contributed by atoms with Crippen LogP contribution >= 0.6 is 27.3 Å². The van der Waals surface area contributed by atoms with Crippen LogP contribution in [0, 0.1) is 5.92 Å². The lowest BCUT2D eigenvalue weighted by Crippen LogP contribution is -2.13. The number of hydrogen-bond donors (Lipinski definition) is 1. The molecule has 0 saturated heterocycles. The molecule has 1 atom stereocenters. The highest BCUT2D eigenvalue weighted by atomic mass is 79.9. The van der Waals surface area contributed by atoms with E-state index in [-0.39, 0.29) is 0 Å². The minimum atomic E-state index is 0.538. The summed E-state index contributed by atoms with van der Waals surface area (Å²) in [6.07, 6.45) is 1.18. The van der Waals surface area contributed by atoms with Crippen LogP contribution in [0.3, 0.4) is 0 Å². The molecule has 0 radical (unpaired) electrons. The molecule has 0 spiro atoms. The van der Waals surface area contributed by atoms with E-state index in [0.717, 1.165) is 12.5 Å². The topological polar surface area (TPSA) is 26.0 Å². The maximum absolute atomic E-state index is 5.75. The van der Waals surface area contributed by atoms with Crippen LogP contribution in [-0.2, 0) is 0 Å². The Morgan fingerprint density at radius 1 is 1.46 bits per heavy atom. The third kappa shape index (κ3) is 3.41. The van der Waals surface area contributed by atoms with Gasteiger partial charge in [-0.2, -0.15) is 0 Å². The van der Waals surface area contributed by atoms with Gasteiger partial charge in [0.15, 0.2) is 0 Å². The smallest absolute Gasteiger partial charge is 0.0701 e. The van der Waals surface area contributed by atoms with E-state index in [1.165, 1.54) is 15.1 Å². The molecule has 0 fully saturated rings. The standard InChI is InChI=1S/C10H16BrNS/c1-7(2)5-8(6-12)9-3-4-10(11)13-9/h3-4,7-8H,5-6,12H2,1-2H3. The SMILES string of the molecule is CC(C)CC(CN)c1ccc(Br)s1. The Morgan fingerprint density at radius 2 is 2.15 bits per heavy atom. The molecule has 0 aromatic carbocycles. The van der Waals surface area contributed by atoms with Crippen molar-refractivity contribution in [3.05, 3.63) is 20.8 Å². The monoisotopic (exact) mass is 261 g/mol. The van der Waals surface area contributed by atoms with Gasteiger partial charge in [-0.05, 0) is 46.9 Å². The zero-order valence-electron chi connectivity index (χ0n) is 8.09. The van der Waals surface area contributed by atoms with Crippen molar-refractivity contribution in [3.63, 3.8) is 0 Å². The first-order valence-electron chi connectivity index (χ1n) is 4.58. The summed E-state index contributed by atoms with van der Waals surface area (Å²) in [4.78, 5) is 1.41. The molecule has 0 aliphatic carbocycles. The van der Waals surface area contributed by atoms with Crippen molar-refractivity contribution in [1.82, 2.24) is 0 Å². The van der Waals surface area contributed by atoms with Gasteiger partial charge in [0.1, 0.15) is 0 Å². The Labute approximate surface area is 92.5 Å². The van der Waals surface area contributed by atoms with Crippen molar-refractivity contribution in [2.75, 3.05) is 6.54 Å². The van der Waals surface area contributed by atoms with Crippen LogP contribution in [0.2, 0.25) is 0 Å². The van der Waals surface area contributed by atoms with Crippen molar-refractivity contribution in [1.29, 1.82) is 0 Å². The van der Waals surface area contributed by atoms with Crippen LogP contribution in [0.15, 0.2) is 15.9 Å². The molecule has 0 saturated carbocycles. The van der Waals surface area contributed by atoms with Gasteiger partial charge in [-0.15, -0.1) is 11.3 Å². The Kier molecular flexibility index (Phi) is 4.42. The molecule has 1 rings (SSSR count). The molecule has 1 aromatic rings. The van der Waals surface area contributed by atoms with Gasteiger partial charge in [0.25, 0.3) is 0 Å². The van der Waals surface area contributed by atoms with E-state index >= 15 is 0 Å². The molecule has 1 nitrogen and oxygen atoms in total. The maximum atomic E-state index is 5.75. The number of halogens is 1. The fourth-order valence-corrected chi connectivity index (χ4v) is 2.99. The highest BCUT2D eigenvalue weighted by Crippen LogP contribution is 2.31. The zero-order chi connectivity index (χ0) is 9.84. The second-order valence-corrected chi connectivity index (χ2v) is 6.20. The number of nitrogens with two attached hydrogens (primary N) is 1. The van der Waals surface area contributed by atoms with Crippen molar-refractivity contribution >= 4 is 27.3 Å². The summed E-state index contributed by atoms with van der Waals surface area (Å²) in [6, 6.07) is 4.28. The average Bonchev–Trinajstić information content (AvgIpc) is 2.47.